The summed E-state index contributed by atoms with van der Waals surface area (Å²) in [5.41, 5.74) is 0. The summed E-state index contributed by atoms with van der Waals surface area (Å²) >= 11 is 0. The predicted octanol–water partition coefficient (Wildman–Crippen LogP) is 19.6. The number of hydrogen-bond donors (Lipinski definition) is 0. The van der Waals surface area contributed by atoms with E-state index in [1.807, 2.05) is 5.92 Å². The van der Waals surface area contributed by atoms with Gasteiger partial charge in [0.15, 0.2) is 0 Å². The molecule has 0 spiro atoms. The molecule has 0 unspecified atom stereocenters. The van der Waals surface area contributed by atoms with Crippen molar-refractivity contribution < 1.29 is 0 Å². The van der Waals surface area contributed by atoms with Crippen molar-refractivity contribution in [1.29, 1.82) is 0 Å². The maximum absolute atomic E-state index is 2.32. The van der Waals surface area contributed by atoms with Gasteiger partial charge in [-0.15, -0.1) is 0 Å². The lowest BCUT2D eigenvalue weighted by molar-refractivity contribution is 0.498. The fourth-order valence-corrected chi connectivity index (χ4v) is 8.26. The van der Waals surface area contributed by atoms with E-state index in [-0.39, 0.29) is 0 Å². The molecule has 0 aromatic heterocycles. The smallest absolute Gasteiger partial charge is 0.0241 e. The van der Waals surface area contributed by atoms with Gasteiger partial charge in [-0.3, -0.25) is 0 Å². The van der Waals surface area contributed by atoms with Crippen molar-refractivity contribution in [2.24, 2.45) is 0 Å². The van der Waals surface area contributed by atoms with Crippen LogP contribution >= 0.6 is 0 Å². The van der Waals surface area contributed by atoms with Gasteiger partial charge in [0.2, 0.25) is 0 Å². The number of rotatable bonds is 46. The van der Waals surface area contributed by atoms with Crippen molar-refractivity contribution in [3.8, 4) is 0 Å². The van der Waals surface area contributed by atoms with Crippen LogP contribution < -0.4 is 0 Å². The molecule has 0 aromatic carbocycles. The third-order valence-electron chi connectivity index (χ3n) is 11.9. The average molecular weight is 702 g/mol. The van der Waals surface area contributed by atoms with Crippen molar-refractivity contribution in [1.82, 2.24) is 0 Å². The van der Waals surface area contributed by atoms with Crippen LogP contribution in [0.1, 0.15) is 316 Å². The normalized spacial score (nSPS) is 11.8. The van der Waals surface area contributed by atoms with E-state index in [1.54, 1.807) is 0 Å². The monoisotopic (exact) mass is 702 g/mol. The molecule has 0 heteroatoms. The summed E-state index contributed by atoms with van der Waals surface area (Å²) < 4.78 is 0. The highest BCUT2D eigenvalue weighted by Crippen LogP contribution is 2.27. The summed E-state index contributed by atoms with van der Waals surface area (Å²) in [6.07, 6.45) is 67.8. The summed E-state index contributed by atoms with van der Waals surface area (Å²) in [4.78, 5) is 0. The van der Waals surface area contributed by atoms with Gasteiger partial charge in [0.25, 0.3) is 0 Å². The van der Waals surface area contributed by atoms with Crippen LogP contribution in [0.3, 0.4) is 0 Å². The minimum absolute atomic E-state index is 1.37. The lowest BCUT2D eigenvalue weighted by Gasteiger charge is -2.16. The molecule has 0 aliphatic carbocycles. The summed E-state index contributed by atoms with van der Waals surface area (Å²) in [6.45, 7) is 6.96. The fourth-order valence-electron chi connectivity index (χ4n) is 8.26. The van der Waals surface area contributed by atoms with Gasteiger partial charge in [0, 0.05) is 0 Å². The Labute approximate surface area is 321 Å². The molecule has 0 amide bonds. The second kappa shape index (κ2) is 47.0. The summed E-state index contributed by atoms with van der Waals surface area (Å²) in [5.74, 6) is 1.96. The average Bonchev–Trinajstić information content (AvgIpc) is 3.13. The molecule has 0 rings (SSSR count). The Bertz CT molecular complexity index is 518. The molecule has 0 nitrogen and oxygen atoms in total. The minimum Gasteiger partial charge on any atom is -0.0654 e. The highest BCUT2D eigenvalue weighted by Gasteiger charge is 2.09. The van der Waals surface area contributed by atoms with E-state index in [1.165, 1.54) is 295 Å². The zero-order valence-electron chi connectivity index (χ0n) is 36.0. The first-order valence-corrected chi connectivity index (χ1v) is 24.7. The minimum atomic E-state index is 1.37. The van der Waals surface area contributed by atoms with Gasteiger partial charge in [-0.2, -0.15) is 0 Å². The molecule has 0 aliphatic heterocycles. The second-order valence-corrected chi connectivity index (χ2v) is 17.1. The van der Waals surface area contributed by atoms with Crippen LogP contribution in [0, 0.1) is 5.92 Å². The van der Waals surface area contributed by atoms with Crippen LogP contribution in [0.2, 0.25) is 0 Å². The maximum Gasteiger partial charge on any atom is -0.0241 e. The molecule has 0 fully saturated rings. The largest absolute Gasteiger partial charge is 0.0654 e. The summed E-state index contributed by atoms with van der Waals surface area (Å²) in [5, 5.41) is 0. The maximum atomic E-state index is 2.32. The second-order valence-electron chi connectivity index (χ2n) is 17.1. The molecule has 0 heterocycles. The van der Waals surface area contributed by atoms with Gasteiger partial charge in [-0.05, 0) is 25.2 Å². The topological polar surface area (TPSA) is 0 Å². The zero-order chi connectivity index (χ0) is 36.1. The van der Waals surface area contributed by atoms with Crippen LogP contribution in [-0.4, -0.2) is 0 Å². The van der Waals surface area contributed by atoms with Crippen molar-refractivity contribution in [2.45, 2.75) is 316 Å². The van der Waals surface area contributed by atoms with Crippen molar-refractivity contribution >= 4 is 0 Å². The van der Waals surface area contributed by atoms with Crippen LogP contribution in [0.25, 0.3) is 0 Å². The molecule has 0 atom stereocenters. The zero-order valence-corrected chi connectivity index (χ0v) is 36.0. The van der Waals surface area contributed by atoms with Gasteiger partial charge < -0.3 is 0 Å². The first kappa shape index (κ1) is 50.0. The Balaban J connectivity index is 3.93. The molecule has 0 saturated heterocycles. The van der Waals surface area contributed by atoms with Crippen LogP contribution in [0.15, 0.2) is 0 Å². The first-order valence-electron chi connectivity index (χ1n) is 24.7. The lowest BCUT2D eigenvalue weighted by Crippen LogP contribution is -1.99. The van der Waals surface area contributed by atoms with E-state index < -0.39 is 0 Å². The molecule has 50 heavy (non-hydrogen) atoms. The standard InChI is InChI=1S/C50H101/c1-4-7-10-13-16-19-22-25-28-31-34-37-40-43-46-49-50(47-44-41-38-35-32-29-26-23-20-17-14-11-8-5-2)48-45-42-39-36-33-30-27-24-21-18-15-12-9-6-3/h4-49H2,1-3H3. The fraction of sp³-hybridized carbons (Fsp3) is 0.980. The Morgan fingerprint density at radius 2 is 0.280 bits per heavy atom. The van der Waals surface area contributed by atoms with E-state index >= 15 is 0 Å². The lowest BCUT2D eigenvalue weighted by atomic mass is 9.89. The van der Waals surface area contributed by atoms with E-state index in [0.717, 1.165) is 0 Å². The Morgan fingerprint density at radius 1 is 0.160 bits per heavy atom. The molecular weight excluding hydrogens is 601 g/mol. The van der Waals surface area contributed by atoms with Crippen molar-refractivity contribution in [3.05, 3.63) is 5.92 Å². The molecular formula is C50H101. The predicted molar refractivity (Wildman–Crippen MR) is 233 cm³/mol. The van der Waals surface area contributed by atoms with Gasteiger partial charge in [-0.1, -0.05) is 297 Å². The molecule has 0 aliphatic rings. The quantitative estimate of drug-likeness (QED) is 0.0554. The van der Waals surface area contributed by atoms with E-state index in [0.29, 0.717) is 0 Å². The van der Waals surface area contributed by atoms with Gasteiger partial charge in [-0.25, -0.2) is 0 Å². The van der Waals surface area contributed by atoms with Gasteiger partial charge >= 0.3 is 0 Å². The SMILES string of the molecule is CCCCCCCCCCCCCCCCC[C](CCCCCCCCCCCCCCCC)CCCCCCCCCCCCCCCC. The molecule has 1 radical (unpaired) electrons. The van der Waals surface area contributed by atoms with Crippen LogP contribution in [0.4, 0.5) is 0 Å². The van der Waals surface area contributed by atoms with Crippen LogP contribution in [0.5, 0.6) is 0 Å². The third-order valence-corrected chi connectivity index (χ3v) is 11.9. The molecule has 0 N–H and O–H groups in total. The molecule has 301 valence electrons. The third kappa shape index (κ3) is 44.2. The Hall–Kier alpha value is 0. The number of unbranched alkanes of at least 4 members (excludes halogenated alkanes) is 40. The highest BCUT2D eigenvalue weighted by atomic mass is 14.1. The van der Waals surface area contributed by atoms with Gasteiger partial charge in [0.1, 0.15) is 0 Å². The van der Waals surface area contributed by atoms with Crippen molar-refractivity contribution in [3.63, 3.8) is 0 Å². The Kier molecular flexibility index (Phi) is 47.0. The van der Waals surface area contributed by atoms with Crippen LogP contribution in [-0.2, 0) is 0 Å². The van der Waals surface area contributed by atoms with E-state index in [9.17, 15) is 0 Å². The highest BCUT2D eigenvalue weighted by molar-refractivity contribution is 4.89. The molecule has 0 saturated carbocycles. The van der Waals surface area contributed by atoms with Gasteiger partial charge in [0.05, 0.1) is 0 Å². The summed E-state index contributed by atoms with van der Waals surface area (Å²) in [7, 11) is 0. The Morgan fingerprint density at radius 3 is 0.420 bits per heavy atom. The molecule has 0 aromatic rings. The van der Waals surface area contributed by atoms with E-state index in [4.69, 9.17) is 0 Å². The van der Waals surface area contributed by atoms with Crippen molar-refractivity contribution in [2.75, 3.05) is 0 Å². The van der Waals surface area contributed by atoms with E-state index in [2.05, 4.69) is 20.8 Å². The first-order chi connectivity index (χ1) is 24.8. The summed E-state index contributed by atoms with van der Waals surface area (Å²) in [6, 6.07) is 0. The molecule has 0 bridgehead atoms. The number of hydrogen-bond acceptors (Lipinski definition) is 0.